The van der Waals surface area contributed by atoms with Crippen LogP contribution in [-0.4, -0.2) is 65.5 Å². The molecule has 3 aliphatic heterocycles. The fraction of sp³-hybridized carbons (Fsp3) is 0.297. The molecule has 0 spiro atoms. The van der Waals surface area contributed by atoms with Gasteiger partial charge in [0.05, 0.1) is 35.6 Å². The highest BCUT2D eigenvalue weighted by molar-refractivity contribution is 6.34. The number of benzene rings is 4. The fourth-order valence-corrected chi connectivity index (χ4v) is 6.53. The van der Waals surface area contributed by atoms with E-state index < -0.39 is 6.29 Å². The number of fused-ring (bicyclic) bond motifs is 1. The molecule has 8 heteroatoms. The maximum absolute atomic E-state index is 13.2. The van der Waals surface area contributed by atoms with Crippen molar-refractivity contribution in [3.63, 3.8) is 0 Å². The van der Waals surface area contributed by atoms with Crippen molar-refractivity contribution in [3.05, 3.63) is 137 Å². The second-order valence-electron chi connectivity index (χ2n) is 12.0. The topological polar surface area (TPSA) is 82.6 Å². The number of amides is 2. The number of nitrogens with zero attached hydrogens (tertiary/aromatic N) is 3. The van der Waals surface area contributed by atoms with Crippen LogP contribution in [0.3, 0.4) is 0 Å². The molecule has 0 aromatic heterocycles. The van der Waals surface area contributed by atoms with E-state index in [1.807, 2.05) is 42.5 Å². The van der Waals surface area contributed by atoms with Crippen molar-refractivity contribution in [2.45, 2.75) is 38.1 Å². The van der Waals surface area contributed by atoms with E-state index in [4.69, 9.17) is 9.47 Å². The molecule has 2 amide bonds. The van der Waals surface area contributed by atoms with Crippen LogP contribution in [0.5, 0.6) is 0 Å². The Morgan fingerprint density at radius 3 is 2.02 bits per heavy atom. The summed E-state index contributed by atoms with van der Waals surface area (Å²) in [6, 6.07) is 32.7. The number of aliphatic hydroxyl groups excluding tert-OH is 1. The Bertz CT molecular complexity index is 1620. The Morgan fingerprint density at radius 2 is 1.33 bits per heavy atom. The van der Waals surface area contributed by atoms with Crippen LogP contribution < -0.4 is 4.90 Å². The van der Waals surface area contributed by atoms with E-state index in [0.29, 0.717) is 23.2 Å². The van der Waals surface area contributed by atoms with Crippen LogP contribution >= 0.6 is 0 Å². The van der Waals surface area contributed by atoms with Crippen molar-refractivity contribution in [2.24, 2.45) is 0 Å². The van der Waals surface area contributed by atoms with Crippen molar-refractivity contribution in [1.82, 2.24) is 9.80 Å². The third kappa shape index (κ3) is 6.33. The first-order valence-electron chi connectivity index (χ1n) is 15.6. The van der Waals surface area contributed by atoms with Crippen molar-refractivity contribution >= 4 is 17.5 Å². The summed E-state index contributed by atoms with van der Waals surface area (Å²) in [5.41, 5.74) is 5.27. The number of ether oxygens (including phenoxy) is 2. The largest absolute Gasteiger partial charge is 0.392 e. The average molecular weight is 604 g/mol. The van der Waals surface area contributed by atoms with E-state index in [1.54, 1.807) is 30.3 Å². The highest BCUT2D eigenvalue weighted by Crippen LogP contribution is 2.39. The van der Waals surface area contributed by atoms with Gasteiger partial charge in [0.2, 0.25) is 0 Å². The summed E-state index contributed by atoms with van der Waals surface area (Å²) in [4.78, 5) is 32.6. The molecule has 2 fully saturated rings. The Kier molecular flexibility index (Phi) is 8.56. The van der Waals surface area contributed by atoms with Crippen molar-refractivity contribution in [3.8, 4) is 0 Å². The van der Waals surface area contributed by atoms with Crippen molar-refractivity contribution in [1.29, 1.82) is 0 Å². The van der Waals surface area contributed by atoms with Crippen LogP contribution in [0.15, 0.2) is 103 Å². The molecule has 45 heavy (non-hydrogen) atoms. The molecular weight excluding hydrogens is 566 g/mol. The number of carbonyl (C=O) groups excluding carboxylic acids is 2. The number of hydrogen-bond donors (Lipinski definition) is 1. The number of imide groups is 1. The van der Waals surface area contributed by atoms with Gasteiger partial charge in [0.25, 0.3) is 11.8 Å². The van der Waals surface area contributed by atoms with Gasteiger partial charge in [-0.2, -0.15) is 0 Å². The molecule has 7 rings (SSSR count). The lowest BCUT2D eigenvalue weighted by atomic mass is 9.99. The van der Waals surface area contributed by atoms with Gasteiger partial charge in [-0.15, -0.1) is 0 Å². The van der Waals surface area contributed by atoms with Gasteiger partial charge in [-0.05, 0) is 41.0 Å². The minimum absolute atomic E-state index is 0.0129. The lowest BCUT2D eigenvalue weighted by molar-refractivity contribution is -0.253. The molecule has 1 N–H and O–H groups in total. The van der Waals surface area contributed by atoms with E-state index in [-0.39, 0.29) is 30.6 Å². The van der Waals surface area contributed by atoms with Gasteiger partial charge in [0.1, 0.15) is 0 Å². The number of anilines is 1. The van der Waals surface area contributed by atoms with E-state index >= 15 is 0 Å². The summed E-state index contributed by atoms with van der Waals surface area (Å²) < 4.78 is 13.2. The van der Waals surface area contributed by atoms with E-state index in [9.17, 15) is 14.7 Å². The molecule has 0 radical (unpaired) electrons. The summed E-state index contributed by atoms with van der Waals surface area (Å²) in [5, 5.41) is 9.55. The molecule has 3 atom stereocenters. The van der Waals surface area contributed by atoms with Crippen LogP contribution in [0.1, 0.15) is 61.8 Å². The Labute approximate surface area is 263 Å². The van der Waals surface area contributed by atoms with Gasteiger partial charge >= 0.3 is 0 Å². The first-order chi connectivity index (χ1) is 22.1. The molecule has 8 nitrogen and oxygen atoms in total. The zero-order valence-corrected chi connectivity index (χ0v) is 25.1. The summed E-state index contributed by atoms with van der Waals surface area (Å²) >= 11 is 0. The molecule has 4 aromatic rings. The molecule has 0 bridgehead atoms. The van der Waals surface area contributed by atoms with Gasteiger partial charge in [0, 0.05) is 51.3 Å². The Balaban J connectivity index is 1.09. The van der Waals surface area contributed by atoms with Crippen LogP contribution in [0.4, 0.5) is 5.69 Å². The van der Waals surface area contributed by atoms with Crippen LogP contribution in [0.2, 0.25) is 0 Å². The molecule has 3 aliphatic rings. The predicted octanol–water partition coefficient (Wildman–Crippen LogP) is 5.34. The molecule has 3 heterocycles. The highest BCUT2D eigenvalue weighted by atomic mass is 16.7. The summed E-state index contributed by atoms with van der Waals surface area (Å²) in [6.45, 7) is 5.64. The average Bonchev–Trinajstić information content (AvgIpc) is 3.35. The zero-order valence-electron chi connectivity index (χ0n) is 25.1. The van der Waals surface area contributed by atoms with E-state index in [2.05, 4.69) is 40.1 Å². The number of carbonyl (C=O) groups is 2. The van der Waals surface area contributed by atoms with Gasteiger partial charge in [-0.1, -0.05) is 78.9 Å². The van der Waals surface area contributed by atoms with Gasteiger partial charge < -0.3 is 14.6 Å². The lowest BCUT2D eigenvalue weighted by Crippen LogP contribution is -2.49. The molecule has 4 aromatic carbocycles. The van der Waals surface area contributed by atoms with Crippen molar-refractivity contribution in [2.75, 3.05) is 37.6 Å². The van der Waals surface area contributed by atoms with Crippen LogP contribution in [0.25, 0.3) is 0 Å². The fourth-order valence-electron chi connectivity index (χ4n) is 6.53. The SMILES string of the molecule is O=C1c2ccccc2C(=O)N1c1cccc([C@H]2O[C@@H](CN3CCN(Cc4ccccc4)CC3)C[C@@H](c3ccc(CO)cc3)O2)c1. The molecular formula is C37H37N3O5. The number of piperazine rings is 1. The number of rotatable bonds is 8. The van der Waals surface area contributed by atoms with Crippen LogP contribution in [-0.2, 0) is 22.6 Å². The van der Waals surface area contributed by atoms with Gasteiger partial charge in [-0.25, -0.2) is 4.90 Å². The maximum Gasteiger partial charge on any atom is 0.266 e. The molecule has 230 valence electrons. The summed E-state index contributed by atoms with van der Waals surface area (Å²) in [6.07, 6.45) is -0.295. The minimum atomic E-state index is -0.680. The Morgan fingerprint density at radius 1 is 0.667 bits per heavy atom. The van der Waals surface area contributed by atoms with Gasteiger partial charge in [-0.3, -0.25) is 19.4 Å². The number of aliphatic hydroxyl groups is 1. The van der Waals surface area contributed by atoms with Crippen molar-refractivity contribution < 1.29 is 24.2 Å². The Hall–Kier alpha value is -4.18. The van der Waals surface area contributed by atoms with Gasteiger partial charge in [0.15, 0.2) is 6.29 Å². The van der Waals surface area contributed by atoms with Crippen LogP contribution in [0, 0.1) is 0 Å². The maximum atomic E-state index is 13.2. The predicted molar refractivity (Wildman–Crippen MR) is 171 cm³/mol. The second-order valence-corrected chi connectivity index (χ2v) is 12.0. The summed E-state index contributed by atoms with van der Waals surface area (Å²) in [7, 11) is 0. The van der Waals surface area contributed by atoms with E-state index in [0.717, 1.165) is 56.0 Å². The molecule has 0 saturated carbocycles. The smallest absolute Gasteiger partial charge is 0.266 e. The lowest BCUT2D eigenvalue weighted by Gasteiger charge is -2.41. The first kappa shape index (κ1) is 29.5. The zero-order chi connectivity index (χ0) is 30.8. The molecule has 0 aliphatic carbocycles. The quantitative estimate of drug-likeness (QED) is 0.272. The standard InChI is InChI=1S/C37H37N3O5/c41-25-27-13-15-28(16-14-27)34-22-31(24-39-19-17-38(18-20-39)23-26-7-2-1-3-8-26)44-37(45-34)29-9-6-10-30(21-29)40-35(42)32-11-4-5-12-33(32)36(40)43/h1-16,21,31,34,37,41H,17-20,22-25H2/t31-,34+,37+/m1/s1. The second kappa shape index (κ2) is 13.0. The first-order valence-corrected chi connectivity index (χ1v) is 15.6. The number of hydrogen-bond acceptors (Lipinski definition) is 7. The third-order valence-corrected chi connectivity index (χ3v) is 8.99. The summed E-state index contributed by atoms with van der Waals surface area (Å²) in [5.74, 6) is -0.659. The minimum Gasteiger partial charge on any atom is -0.392 e. The third-order valence-electron chi connectivity index (χ3n) is 8.99. The molecule has 2 saturated heterocycles. The normalized spacial score (nSPS) is 22.5. The van der Waals surface area contributed by atoms with E-state index in [1.165, 1.54) is 10.5 Å². The monoisotopic (exact) mass is 603 g/mol. The molecule has 0 unspecified atom stereocenters. The highest BCUT2D eigenvalue weighted by Gasteiger charge is 2.38.